The first kappa shape index (κ1) is 28.7. The minimum Gasteiger partial charge on any atom is -0.494 e. The van der Waals surface area contributed by atoms with Gasteiger partial charge in [0.05, 0.1) is 18.4 Å². The van der Waals surface area contributed by atoms with Gasteiger partial charge in [-0.3, -0.25) is 9.59 Å². The van der Waals surface area contributed by atoms with Gasteiger partial charge in [0.25, 0.3) is 0 Å². The Labute approximate surface area is 235 Å². The fourth-order valence-electron chi connectivity index (χ4n) is 4.72. The summed E-state index contributed by atoms with van der Waals surface area (Å²) in [5.41, 5.74) is 4.02. The van der Waals surface area contributed by atoms with Crippen LogP contribution in [0.2, 0.25) is 0 Å². The molecule has 1 heterocycles. The van der Waals surface area contributed by atoms with Crippen molar-refractivity contribution in [1.82, 2.24) is 4.57 Å². The molecule has 6 heteroatoms. The van der Waals surface area contributed by atoms with Crippen LogP contribution in [0.15, 0.2) is 79.0 Å². The molecule has 2 N–H and O–H groups in total. The lowest BCUT2D eigenvalue weighted by Crippen LogP contribution is -2.25. The van der Waals surface area contributed by atoms with E-state index >= 15 is 0 Å². The second-order valence-electron chi connectivity index (χ2n) is 10.8. The van der Waals surface area contributed by atoms with E-state index in [0.717, 1.165) is 47.0 Å². The largest absolute Gasteiger partial charge is 0.494 e. The third-order valence-electron chi connectivity index (χ3n) is 7.22. The Kier molecular flexibility index (Phi) is 9.43. The molecule has 208 valence electrons. The molecule has 6 nitrogen and oxygen atoms in total. The van der Waals surface area contributed by atoms with E-state index in [1.165, 1.54) is 5.56 Å². The first-order valence-electron chi connectivity index (χ1n) is 13.7. The fraction of sp³-hybridized carbons (Fsp3) is 0.294. The number of fused-ring (bicyclic) bond motifs is 1. The number of aryl methyl sites for hydroxylation is 2. The highest BCUT2D eigenvalue weighted by molar-refractivity contribution is 5.96. The molecular formula is C34H37NO5. The number of nitrogens with zero attached hydrogens (tertiary/aromatic N) is 1. The average Bonchev–Trinajstić information content (AvgIpc) is 3.29. The van der Waals surface area contributed by atoms with E-state index in [1.807, 2.05) is 71.4 Å². The Morgan fingerprint density at radius 1 is 0.900 bits per heavy atom. The molecule has 4 rings (SSSR count). The van der Waals surface area contributed by atoms with Gasteiger partial charge in [-0.2, -0.15) is 0 Å². The predicted octanol–water partition coefficient (Wildman–Crippen LogP) is 7.34. The fourth-order valence-corrected chi connectivity index (χ4v) is 4.72. The Hall–Kier alpha value is -4.32. The van der Waals surface area contributed by atoms with Crippen molar-refractivity contribution in [2.75, 3.05) is 6.61 Å². The molecule has 0 fully saturated rings. The number of hydrogen-bond acceptors (Lipinski definition) is 3. The average molecular weight is 540 g/mol. The number of carbonyl (C=O) groups is 2. The minimum atomic E-state index is -0.903. The lowest BCUT2D eigenvalue weighted by molar-refractivity contribution is -0.147. The van der Waals surface area contributed by atoms with E-state index in [1.54, 1.807) is 13.8 Å². The number of benzene rings is 3. The van der Waals surface area contributed by atoms with Crippen LogP contribution in [0.1, 0.15) is 55.4 Å². The third-order valence-corrected chi connectivity index (χ3v) is 7.22. The van der Waals surface area contributed by atoms with Crippen LogP contribution in [-0.4, -0.2) is 33.3 Å². The highest BCUT2D eigenvalue weighted by Gasteiger charge is 2.27. The number of ether oxygens (including phenoxy) is 1. The van der Waals surface area contributed by atoms with Crippen LogP contribution in [0.4, 0.5) is 0 Å². The molecule has 0 atom stereocenters. The zero-order valence-corrected chi connectivity index (χ0v) is 23.2. The van der Waals surface area contributed by atoms with Gasteiger partial charge in [-0.25, -0.2) is 0 Å². The summed E-state index contributed by atoms with van der Waals surface area (Å²) in [5.74, 6) is -0.916. The Balaban J connectivity index is 1.43. The number of aliphatic carboxylic acids is 2. The molecule has 0 radical (unpaired) electrons. The topological polar surface area (TPSA) is 88.8 Å². The van der Waals surface area contributed by atoms with E-state index in [9.17, 15) is 19.8 Å². The smallest absolute Gasteiger partial charge is 0.309 e. The summed E-state index contributed by atoms with van der Waals surface area (Å²) in [5, 5.41) is 19.9. The SMILES string of the molecule is CC(C)(CCn1cc(CC(=O)O)c2c(/C=C/c3ccc(OCCCCc4ccccc4)cc3)cccc21)C(=O)O. The van der Waals surface area contributed by atoms with E-state index in [-0.39, 0.29) is 6.42 Å². The van der Waals surface area contributed by atoms with Crippen molar-refractivity contribution in [3.63, 3.8) is 0 Å². The second-order valence-corrected chi connectivity index (χ2v) is 10.8. The monoisotopic (exact) mass is 539 g/mol. The maximum atomic E-state index is 11.6. The number of aromatic nitrogens is 1. The first-order chi connectivity index (χ1) is 19.2. The molecule has 0 amide bonds. The zero-order valence-electron chi connectivity index (χ0n) is 23.2. The normalized spacial score (nSPS) is 11.8. The van der Waals surface area contributed by atoms with Gasteiger partial charge in [-0.1, -0.05) is 66.7 Å². The summed E-state index contributed by atoms with van der Waals surface area (Å²) < 4.78 is 7.89. The van der Waals surface area contributed by atoms with Crippen LogP contribution in [0, 0.1) is 5.41 Å². The second kappa shape index (κ2) is 13.2. The number of unbranched alkanes of at least 4 members (excludes halogenated alkanes) is 1. The lowest BCUT2D eigenvalue weighted by Gasteiger charge is -2.19. The van der Waals surface area contributed by atoms with Crippen molar-refractivity contribution in [2.45, 2.75) is 52.5 Å². The van der Waals surface area contributed by atoms with Crippen LogP contribution in [0.5, 0.6) is 5.75 Å². The molecule has 4 aromatic rings. The van der Waals surface area contributed by atoms with Crippen LogP contribution in [0.3, 0.4) is 0 Å². The predicted molar refractivity (Wildman–Crippen MR) is 160 cm³/mol. The van der Waals surface area contributed by atoms with Gasteiger partial charge in [0.15, 0.2) is 0 Å². The van der Waals surface area contributed by atoms with Crippen molar-refractivity contribution < 1.29 is 24.5 Å². The van der Waals surface area contributed by atoms with Gasteiger partial charge < -0.3 is 19.5 Å². The van der Waals surface area contributed by atoms with Crippen molar-refractivity contribution in [3.05, 3.63) is 101 Å². The number of carboxylic acid groups (broad SMARTS) is 2. The van der Waals surface area contributed by atoms with Crippen LogP contribution >= 0.6 is 0 Å². The molecule has 0 bridgehead atoms. The van der Waals surface area contributed by atoms with Crippen molar-refractivity contribution >= 4 is 35.0 Å². The van der Waals surface area contributed by atoms with E-state index in [2.05, 4.69) is 24.3 Å². The van der Waals surface area contributed by atoms with Crippen LogP contribution in [-0.2, 0) is 29.0 Å². The van der Waals surface area contributed by atoms with Gasteiger partial charge in [0.2, 0.25) is 0 Å². The molecule has 40 heavy (non-hydrogen) atoms. The molecule has 0 saturated heterocycles. The molecule has 0 spiro atoms. The molecule has 0 unspecified atom stereocenters. The van der Waals surface area contributed by atoms with E-state index in [4.69, 9.17) is 4.74 Å². The van der Waals surface area contributed by atoms with Crippen molar-refractivity contribution in [3.8, 4) is 5.75 Å². The van der Waals surface area contributed by atoms with Crippen LogP contribution < -0.4 is 4.74 Å². The summed E-state index contributed by atoms with van der Waals surface area (Å²) in [6.07, 6.45) is 9.31. The summed E-state index contributed by atoms with van der Waals surface area (Å²) in [6, 6.07) is 24.3. The quantitative estimate of drug-likeness (QED) is 0.129. The first-order valence-corrected chi connectivity index (χ1v) is 13.7. The number of rotatable bonds is 14. The molecule has 1 aromatic heterocycles. The van der Waals surface area contributed by atoms with E-state index < -0.39 is 17.4 Å². The van der Waals surface area contributed by atoms with Gasteiger partial charge in [0.1, 0.15) is 5.75 Å². The third kappa shape index (κ3) is 7.63. The van der Waals surface area contributed by atoms with Gasteiger partial charge >= 0.3 is 11.9 Å². The lowest BCUT2D eigenvalue weighted by atomic mass is 9.89. The molecule has 0 aliphatic rings. The zero-order chi connectivity index (χ0) is 28.5. The van der Waals surface area contributed by atoms with Crippen molar-refractivity contribution in [2.24, 2.45) is 5.41 Å². The molecule has 3 aromatic carbocycles. The van der Waals surface area contributed by atoms with Gasteiger partial charge in [-0.05, 0) is 80.0 Å². The number of carboxylic acids is 2. The Morgan fingerprint density at radius 3 is 2.35 bits per heavy atom. The molecule has 0 aliphatic carbocycles. The Bertz CT molecular complexity index is 1470. The summed E-state index contributed by atoms with van der Waals surface area (Å²) in [6.45, 7) is 4.57. The van der Waals surface area contributed by atoms with E-state index in [0.29, 0.717) is 25.1 Å². The standard InChI is InChI=1S/C34H37NO5/c1-34(2,33(38)39)20-21-35-24-28(23-31(36)37)32-27(12-8-13-30(32)35)17-14-26-15-18-29(19-16-26)40-22-7-6-11-25-9-4-3-5-10-25/h3-5,8-10,12-19,24H,6-7,11,20-23H2,1-2H3,(H,36,37)(H,38,39)/b17-14+. The molecule has 0 aliphatic heterocycles. The highest BCUT2D eigenvalue weighted by Crippen LogP contribution is 2.30. The molecule has 0 saturated carbocycles. The minimum absolute atomic E-state index is 0.103. The summed E-state index contributed by atoms with van der Waals surface area (Å²) in [4.78, 5) is 23.2. The molecular weight excluding hydrogens is 502 g/mol. The summed E-state index contributed by atoms with van der Waals surface area (Å²) in [7, 11) is 0. The van der Waals surface area contributed by atoms with Gasteiger partial charge in [-0.15, -0.1) is 0 Å². The Morgan fingerprint density at radius 2 is 1.65 bits per heavy atom. The maximum absolute atomic E-state index is 11.6. The van der Waals surface area contributed by atoms with Crippen molar-refractivity contribution in [1.29, 1.82) is 0 Å². The maximum Gasteiger partial charge on any atom is 0.309 e. The van der Waals surface area contributed by atoms with Gasteiger partial charge in [0, 0.05) is 23.6 Å². The summed E-state index contributed by atoms with van der Waals surface area (Å²) >= 11 is 0. The van der Waals surface area contributed by atoms with Crippen LogP contribution in [0.25, 0.3) is 23.1 Å². The number of hydrogen-bond donors (Lipinski definition) is 2. The highest BCUT2D eigenvalue weighted by atomic mass is 16.5.